The number of aromatic nitrogens is 2. The molecule has 0 radical (unpaired) electrons. The van der Waals surface area contributed by atoms with Crippen molar-refractivity contribution < 1.29 is 4.74 Å². The van der Waals surface area contributed by atoms with Crippen LogP contribution in [0.25, 0.3) is 0 Å². The minimum absolute atomic E-state index is 0.477. The summed E-state index contributed by atoms with van der Waals surface area (Å²) in [4.78, 5) is 4.26. The minimum Gasteiger partial charge on any atom is -0.385 e. The lowest BCUT2D eigenvalue weighted by Crippen LogP contribution is -2.25. The molecule has 2 rings (SSSR count). The maximum atomic E-state index is 5.94. The molecular weight excluding hydrogens is 238 g/mol. The van der Waals surface area contributed by atoms with Gasteiger partial charge in [-0.15, -0.1) is 0 Å². The van der Waals surface area contributed by atoms with Crippen LogP contribution in [0.3, 0.4) is 0 Å². The normalized spacial score (nSPS) is 17.4. The first kappa shape index (κ1) is 12.9. The number of imidazole rings is 1. The molecule has 0 unspecified atom stereocenters. The Kier molecular flexibility index (Phi) is 4.07. The van der Waals surface area contributed by atoms with Crippen LogP contribution in [0.2, 0.25) is 5.15 Å². The van der Waals surface area contributed by atoms with Crippen LogP contribution in [-0.4, -0.2) is 29.8 Å². The molecule has 5 heteroatoms. The van der Waals surface area contributed by atoms with E-state index in [2.05, 4.69) is 10.3 Å². The summed E-state index contributed by atoms with van der Waals surface area (Å²) in [5.74, 6) is 0.984. The zero-order valence-corrected chi connectivity index (χ0v) is 11.3. The summed E-state index contributed by atoms with van der Waals surface area (Å²) in [7, 11) is 3.70. The third-order valence-electron chi connectivity index (χ3n) is 3.60. The molecule has 0 amide bonds. The van der Waals surface area contributed by atoms with Gasteiger partial charge in [0.1, 0.15) is 11.0 Å². The molecular formula is C12H20ClN3O. The van der Waals surface area contributed by atoms with Gasteiger partial charge in [0.25, 0.3) is 0 Å². The first-order valence-electron chi connectivity index (χ1n) is 6.03. The van der Waals surface area contributed by atoms with Crippen LogP contribution in [0.4, 0.5) is 0 Å². The van der Waals surface area contributed by atoms with Crippen molar-refractivity contribution in [1.29, 1.82) is 0 Å². The van der Waals surface area contributed by atoms with Gasteiger partial charge in [-0.1, -0.05) is 11.6 Å². The van der Waals surface area contributed by atoms with Crippen molar-refractivity contribution in [3.05, 3.63) is 17.2 Å². The standard InChI is InChI=1S/C12H20ClN3O/c1-16-10(13)7-15-11(16)8-14-9-12(3-4-12)5-6-17-2/h7,14H,3-6,8-9H2,1-2H3. The average Bonchev–Trinajstić information content (AvgIpc) is 3.03. The second kappa shape index (κ2) is 5.38. The number of rotatable bonds is 7. The predicted octanol–water partition coefficient (Wildman–Crippen LogP) is 1.98. The van der Waals surface area contributed by atoms with Gasteiger partial charge in [-0.05, 0) is 24.7 Å². The van der Waals surface area contributed by atoms with Crippen LogP contribution in [0, 0.1) is 5.41 Å². The molecule has 1 saturated carbocycles. The number of ether oxygens (including phenoxy) is 1. The highest BCUT2D eigenvalue weighted by molar-refractivity contribution is 6.29. The van der Waals surface area contributed by atoms with E-state index in [9.17, 15) is 0 Å². The third kappa shape index (κ3) is 3.21. The Labute approximate surface area is 107 Å². The van der Waals surface area contributed by atoms with E-state index in [0.29, 0.717) is 10.6 Å². The van der Waals surface area contributed by atoms with Crippen molar-refractivity contribution >= 4 is 11.6 Å². The smallest absolute Gasteiger partial charge is 0.128 e. The summed E-state index contributed by atoms with van der Waals surface area (Å²) in [6.45, 7) is 2.68. The Bertz CT molecular complexity index is 374. The van der Waals surface area contributed by atoms with Gasteiger partial charge in [0, 0.05) is 27.3 Å². The Morgan fingerprint density at radius 2 is 2.35 bits per heavy atom. The molecule has 0 aliphatic heterocycles. The van der Waals surface area contributed by atoms with E-state index in [1.807, 2.05) is 11.6 Å². The van der Waals surface area contributed by atoms with Crippen molar-refractivity contribution in [3.63, 3.8) is 0 Å². The van der Waals surface area contributed by atoms with Crippen LogP contribution < -0.4 is 5.32 Å². The van der Waals surface area contributed by atoms with Crippen molar-refractivity contribution in [1.82, 2.24) is 14.9 Å². The van der Waals surface area contributed by atoms with Gasteiger partial charge in [-0.2, -0.15) is 0 Å². The lowest BCUT2D eigenvalue weighted by molar-refractivity contribution is 0.171. The highest BCUT2D eigenvalue weighted by Gasteiger charge is 2.41. The number of methoxy groups -OCH3 is 1. The molecule has 1 aromatic rings. The summed E-state index contributed by atoms with van der Waals surface area (Å²) in [5, 5.41) is 4.15. The van der Waals surface area contributed by atoms with Crippen molar-refractivity contribution in [2.45, 2.75) is 25.8 Å². The molecule has 1 fully saturated rings. The zero-order chi connectivity index (χ0) is 12.3. The molecule has 4 nitrogen and oxygen atoms in total. The van der Waals surface area contributed by atoms with Gasteiger partial charge in [0.05, 0.1) is 12.7 Å². The van der Waals surface area contributed by atoms with Crippen LogP contribution in [0.1, 0.15) is 25.1 Å². The van der Waals surface area contributed by atoms with Crippen LogP contribution >= 0.6 is 11.6 Å². The van der Waals surface area contributed by atoms with E-state index in [-0.39, 0.29) is 0 Å². The molecule has 1 aliphatic rings. The van der Waals surface area contributed by atoms with Crippen LogP contribution in [0.5, 0.6) is 0 Å². The van der Waals surface area contributed by atoms with E-state index >= 15 is 0 Å². The Balaban J connectivity index is 1.74. The fourth-order valence-corrected chi connectivity index (χ4v) is 2.18. The highest BCUT2D eigenvalue weighted by atomic mass is 35.5. The minimum atomic E-state index is 0.477. The zero-order valence-electron chi connectivity index (χ0n) is 10.5. The summed E-state index contributed by atoms with van der Waals surface area (Å²) < 4.78 is 7.05. The number of hydrogen-bond donors (Lipinski definition) is 1. The van der Waals surface area contributed by atoms with Crippen molar-refractivity contribution in [2.24, 2.45) is 12.5 Å². The van der Waals surface area contributed by atoms with Gasteiger partial charge in [-0.25, -0.2) is 4.98 Å². The third-order valence-corrected chi connectivity index (χ3v) is 3.96. The molecule has 17 heavy (non-hydrogen) atoms. The molecule has 1 N–H and O–H groups in total. The maximum absolute atomic E-state index is 5.94. The van der Waals surface area contributed by atoms with E-state index in [0.717, 1.165) is 31.9 Å². The summed E-state index contributed by atoms with van der Waals surface area (Å²) in [6, 6.07) is 0. The number of nitrogens with zero attached hydrogens (tertiary/aromatic N) is 2. The summed E-state index contributed by atoms with van der Waals surface area (Å²) in [5.41, 5.74) is 0.477. The predicted molar refractivity (Wildman–Crippen MR) is 68.1 cm³/mol. The second-order valence-electron chi connectivity index (χ2n) is 4.90. The molecule has 0 aromatic carbocycles. The van der Waals surface area contributed by atoms with Gasteiger partial charge < -0.3 is 14.6 Å². The van der Waals surface area contributed by atoms with Crippen LogP contribution in [0.15, 0.2) is 6.20 Å². The van der Waals surface area contributed by atoms with Gasteiger partial charge in [0.2, 0.25) is 0 Å². The number of halogens is 1. The molecule has 0 saturated heterocycles. The fraction of sp³-hybridized carbons (Fsp3) is 0.750. The topological polar surface area (TPSA) is 39.1 Å². The van der Waals surface area contributed by atoms with Gasteiger partial charge in [-0.3, -0.25) is 0 Å². The van der Waals surface area contributed by atoms with Gasteiger partial charge >= 0.3 is 0 Å². The van der Waals surface area contributed by atoms with E-state index in [1.54, 1.807) is 13.3 Å². The van der Waals surface area contributed by atoms with Gasteiger partial charge in [0.15, 0.2) is 0 Å². The van der Waals surface area contributed by atoms with E-state index < -0.39 is 0 Å². The quantitative estimate of drug-likeness (QED) is 0.812. The highest BCUT2D eigenvalue weighted by Crippen LogP contribution is 2.48. The SMILES string of the molecule is COCCC1(CNCc2ncc(Cl)n2C)CC1. The van der Waals surface area contributed by atoms with Crippen molar-refractivity contribution in [2.75, 3.05) is 20.3 Å². The average molecular weight is 258 g/mol. The number of hydrogen-bond acceptors (Lipinski definition) is 3. The lowest BCUT2D eigenvalue weighted by Gasteiger charge is -2.15. The fourth-order valence-electron chi connectivity index (χ4n) is 2.04. The molecule has 1 aromatic heterocycles. The Morgan fingerprint density at radius 3 is 2.88 bits per heavy atom. The summed E-state index contributed by atoms with van der Waals surface area (Å²) in [6.07, 6.45) is 5.46. The number of nitrogens with one attached hydrogen (secondary N) is 1. The monoisotopic (exact) mass is 257 g/mol. The Hall–Kier alpha value is -0.580. The molecule has 0 spiro atoms. The van der Waals surface area contributed by atoms with Crippen LogP contribution in [-0.2, 0) is 18.3 Å². The second-order valence-corrected chi connectivity index (χ2v) is 5.29. The molecule has 1 heterocycles. The molecule has 96 valence electrons. The first-order chi connectivity index (χ1) is 8.17. The maximum Gasteiger partial charge on any atom is 0.128 e. The van der Waals surface area contributed by atoms with E-state index in [1.165, 1.54) is 12.8 Å². The molecule has 1 aliphatic carbocycles. The largest absolute Gasteiger partial charge is 0.385 e. The molecule has 0 bridgehead atoms. The first-order valence-corrected chi connectivity index (χ1v) is 6.40. The van der Waals surface area contributed by atoms with E-state index in [4.69, 9.17) is 16.3 Å². The van der Waals surface area contributed by atoms with Crippen molar-refractivity contribution in [3.8, 4) is 0 Å². The molecule has 0 atom stereocenters. The Morgan fingerprint density at radius 1 is 1.59 bits per heavy atom. The summed E-state index contributed by atoms with van der Waals surface area (Å²) >= 11 is 5.94. The lowest BCUT2D eigenvalue weighted by atomic mass is 10.0.